The molecule has 0 radical (unpaired) electrons. The molecule has 6 nitrogen and oxygen atoms in total. The van der Waals surface area contributed by atoms with Crippen LogP contribution in [-0.2, 0) is 5.54 Å². The monoisotopic (exact) mass is 349 g/mol. The summed E-state index contributed by atoms with van der Waals surface area (Å²) in [7, 11) is 1.63. The molecule has 1 fully saturated rings. The number of benzene rings is 1. The summed E-state index contributed by atoms with van der Waals surface area (Å²) in [6, 6.07) is 12.1. The molecule has 3 rings (SSSR count). The van der Waals surface area contributed by atoms with Gasteiger partial charge in [-0.25, -0.2) is 0 Å². The zero-order valence-corrected chi connectivity index (χ0v) is 15.2. The van der Waals surface area contributed by atoms with Gasteiger partial charge in [-0.1, -0.05) is 31.4 Å². The molecule has 134 valence electrons. The lowest BCUT2D eigenvalue weighted by Crippen LogP contribution is -2.56. The fraction of sp³-hybridized carbons (Fsp3) is 0.450. The van der Waals surface area contributed by atoms with Gasteiger partial charge in [-0.2, -0.15) is 10.5 Å². The Hall–Kier alpha value is -2.99. The number of ether oxygens (including phenoxy) is 1. The molecular formula is C20H23N5O. The van der Waals surface area contributed by atoms with Crippen LogP contribution in [0.4, 0.5) is 0 Å². The van der Waals surface area contributed by atoms with Crippen molar-refractivity contribution in [2.75, 3.05) is 7.11 Å². The third kappa shape index (κ3) is 3.36. The minimum atomic E-state index is -0.713. The third-order valence-corrected chi connectivity index (χ3v) is 5.12. The average Bonchev–Trinajstić information content (AvgIpc) is 2.70. The Morgan fingerprint density at radius 2 is 1.73 bits per heavy atom. The van der Waals surface area contributed by atoms with Crippen molar-refractivity contribution in [3.05, 3.63) is 41.2 Å². The highest BCUT2D eigenvalue weighted by Gasteiger charge is 2.39. The van der Waals surface area contributed by atoms with E-state index < -0.39 is 5.54 Å². The number of hydrogen-bond acceptors (Lipinski definition) is 5. The van der Waals surface area contributed by atoms with Crippen LogP contribution in [0, 0.1) is 22.7 Å². The van der Waals surface area contributed by atoms with Crippen molar-refractivity contribution in [2.45, 2.75) is 50.6 Å². The Morgan fingerprint density at radius 1 is 1.08 bits per heavy atom. The van der Waals surface area contributed by atoms with E-state index in [9.17, 15) is 10.5 Å². The van der Waals surface area contributed by atoms with Crippen LogP contribution < -0.4 is 15.4 Å². The Balaban J connectivity index is 2.04. The van der Waals surface area contributed by atoms with Crippen LogP contribution in [0.15, 0.2) is 40.7 Å². The van der Waals surface area contributed by atoms with Crippen LogP contribution in [0.1, 0.15) is 44.6 Å². The van der Waals surface area contributed by atoms with Gasteiger partial charge in [-0.05, 0) is 37.5 Å². The largest absolute Gasteiger partial charge is 0.497 e. The van der Waals surface area contributed by atoms with Gasteiger partial charge in [0.05, 0.1) is 13.2 Å². The fourth-order valence-electron chi connectivity index (χ4n) is 3.53. The van der Waals surface area contributed by atoms with Crippen LogP contribution >= 0.6 is 0 Å². The van der Waals surface area contributed by atoms with Crippen molar-refractivity contribution in [2.24, 2.45) is 4.99 Å². The second kappa shape index (κ2) is 7.49. The summed E-state index contributed by atoms with van der Waals surface area (Å²) in [5, 5.41) is 25.2. The zero-order chi connectivity index (χ0) is 18.6. The predicted octanol–water partition coefficient (Wildman–Crippen LogP) is 3.09. The maximum atomic E-state index is 9.44. The number of hydrogen-bond donors (Lipinski definition) is 2. The number of methoxy groups -OCH3 is 1. The van der Waals surface area contributed by atoms with Gasteiger partial charge in [-0.3, -0.25) is 4.99 Å². The molecule has 2 N–H and O–H groups in total. The second-order valence-corrected chi connectivity index (χ2v) is 6.85. The molecule has 0 aromatic heterocycles. The Bertz CT molecular complexity index is 806. The molecule has 0 bridgehead atoms. The molecule has 1 aromatic rings. The number of nitriles is 2. The second-order valence-electron chi connectivity index (χ2n) is 6.85. The molecule has 1 aliphatic heterocycles. The topological polar surface area (TPSA) is 93.2 Å². The van der Waals surface area contributed by atoms with Gasteiger partial charge < -0.3 is 15.4 Å². The van der Waals surface area contributed by atoms with Crippen molar-refractivity contribution < 1.29 is 4.74 Å². The van der Waals surface area contributed by atoms with Crippen LogP contribution in [0.3, 0.4) is 0 Å². The lowest BCUT2D eigenvalue weighted by atomic mass is 9.87. The molecular weight excluding hydrogens is 326 g/mol. The van der Waals surface area contributed by atoms with Crippen LogP contribution in [-0.4, -0.2) is 19.0 Å². The third-order valence-electron chi connectivity index (χ3n) is 5.12. The summed E-state index contributed by atoms with van der Waals surface area (Å²) < 4.78 is 5.24. The van der Waals surface area contributed by atoms with E-state index in [0.717, 1.165) is 24.2 Å². The van der Waals surface area contributed by atoms with Gasteiger partial charge >= 0.3 is 0 Å². The fourth-order valence-corrected chi connectivity index (χ4v) is 3.53. The summed E-state index contributed by atoms with van der Waals surface area (Å²) in [6.45, 7) is 1.98. The standard InChI is InChI=1S/C20H23N5O/c1-20(14-8-10-16(26-2)11-9-14)19(23-15-6-4-3-5-7-15)24-17(12-21)18(13-22)25-20/h8-11,15,25H,3-7H2,1-2H3,(H,23,24). The molecule has 0 amide bonds. The molecule has 1 aromatic carbocycles. The predicted molar refractivity (Wildman–Crippen MR) is 99.2 cm³/mol. The van der Waals surface area contributed by atoms with Crippen molar-refractivity contribution >= 4 is 5.84 Å². The minimum absolute atomic E-state index is 0.216. The van der Waals surface area contributed by atoms with Gasteiger partial charge in [-0.15, -0.1) is 0 Å². The summed E-state index contributed by atoms with van der Waals surface area (Å²) in [6.07, 6.45) is 5.73. The van der Waals surface area contributed by atoms with Gasteiger partial charge in [0.15, 0.2) is 5.70 Å². The summed E-state index contributed by atoms with van der Waals surface area (Å²) in [5.41, 5.74) is 0.682. The zero-order valence-electron chi connectivity index (χ0n) is 15.2. The maximum Gasteiger partial charge on any atom is 0.153 e. The van der Waals surface area contributed by atoms with Crippen molar-refractivity contribution in [3.63, 3.8) is 0 Å². The highest BCUT2D eigenvalue weighted by molar-refractivity contribution is 5.96. The smallest absolute Gasteiger partial charge is 0.153 e. The molecule has 6 heteroatoms. The first-order chi connectivity index (χ1) is 12.6. The number of rotatable bonds is 3. The molecule has 2 aliphatic rings. The van der Waals surface area contributed by atoms with Gasteiger partial charge in [0.1, 0.15) is 35.0 Å². The van der Waals surface area contributed by atoms with E-state index in [4.69, 9.17) is 9.73 Å². The van der Waals surface area contributed by atoms with E-state index in [1.165, 1.54) is 19.3 Å². The Kier molecular flexibility index (Phi) is 5.14. The number of nitrogens with one attached hydrogen (secondary N) is 2. The van der Waals surface area contributed by atoms with E-state index in [1.54, 1.807) is 7.11 Å². The van der Waals surface area contributed by atoms with Crippen molar-refractivity contribution in [1.82, 2.24) is 10.6 Å². The molecule has 0 saturated heterocycles. The maximum absolute atomic E-state index is 9.44. The van der Waals surface area contributed by atoms with E-state index >= 15 is 0 Å². The van der Waals surface area contributed by atoms with Gasteiger partial charge in [0, 0.05) is 0 Å². The average molecular weight is 349 g/mol. The van der Waals surface area contributed by atoms with Crippen molar-refractivity contribution in [1.29, 1.82) is 10.5 Å². The minimum Gasteiger partial charge on any atom is -0.497 e. The molecule has 1 aliphatic carbocycles. The molecule has 1 atom stereocenters. The molecule has 0 spiro atoms. The van der Waals surface area contributed by atoms with Crippen LogP contribution in [0.25, 0.3) is 0 Å². The quantitative estimate of drug-likeness (QED) is 0.874. The normalized spacial score (nSPS) is 25.0. The Morgan fingerprint density at radius 3 is 2.31 bits per heavy atom. The molecule has 1 heterocycles. The first-order valence-corrected chi connectivity index (χ1v) is 8.93. The number of allylic oxidation sites excluding steroid dienone is 2. The first-order valence-electron chi connectivity index (χ1n) is 8.93. The number of nitrogens with zero attached hydrogens (tertiary/aromatic N) is 3. The summed E-state index contributed by atoms with van der Waals surface area (Å²) in [5.74, 6) is 1.45. The number of aliphatic imine (C=N–C) groups is 1. The van der Waals surface area contributed by atoms with Crippen LogP contribution in [0.2, 0.25) is 0 Å². The molecule has 1 saturated carbocycles. The molecule has 26 heavy (non-hydrogen) atoms. The highest BCUT2D eigenvalue weighted by atomic mass is 16.5. The van der Waals surface area contributed by atoms with Gasteiger partial charge in [0.25, 0.3) is 0 Å². The van der Waals surface area contributed by atoms with Crippen molar-refractivity contribution in [3.8, 4) is 17.9 Å². The molecule has 1 unspecified atom stereocenters. The first kappa shape index (κ1) is 17.8. The van der Waals surface area contributed by atoms with E-state index in [1.807, 2.05) is 31.2 Å². The summed E-state index contributed by atoms with van der Waals surface area (Å²) >= 11 is 0. The lowest BCUT2D eigenvalue weighted by Gasteiger charge is -2.38. The van der Waals surface area contributed by atoms with Gasteiger partial charge in [0.2, 0.25) is 0 Å². The summed E-state index contributed by atoms with van der Waals surface area (Å²) in [4.78, 5) is 4.95. The van der Waals surface area contributed by atoms with E-state index in [-0.39, 0.29) is 17.4 Å². The number of amidine groups is 1. The van der Waals surface area contributed by atoms with E-state index in [2.05, 4.69) is 22.8 Å². The van der Waals surface area contributed by atoms with E-state index in [0.29, 0.717) is 5.84 Å². The Labute approximate surface area is 154 Å². The SMILES string of the molecule is COc1ccc(C2(C)NC(C#N)=C(C#N)NC2=NC2CCCCC2)cc1. The highest BCUT2D eigenvalue weighted by Crippen LogP contribution is 2.30. The lowest BCUT2D eigenvalue weighted by molar-refractivity contribution is 0.413. The van der Waals surface area contributed by atoms with Crippen LogP contribution in [0.5, 0.6) is 5.75 Å².